The van der Waals surface area contributed by atoms with Crippen LogP contribution < -0.4 is 4.74 Å². The predicted molar refractivity (Wildman–Crippen MR) is 71.5 cm³/mol. The van der Waals surface area contributed by atoms with Crippen molar-refractivity contribution in [3.8, 4) is 5.75 Å². The van der Waals surface area contributed by atoms with Gasteiger partial charge in [-0.25, -0.2) is 0 Å². The molecule has 0 spiro atoms. The van der Waals surface area contributed by atoms with E-state index < -0.39 is 0 Å². The third kappa shape index (κ3) is 2.52. The van der Waals surface area contributed by atoms with Crippen LogP contribution in [0, 0.1) is 6.92 Å². The normalized spacial score (nSPS) is 14.4. The number of ketones is 1. The van der Waals surface area contributed by atoms with Gasteiger partial charge in [-0.1, -0.05) is 0 Å². The van der Waals surface area contributed by atoms with E-state index in [1.165, 1.54) is 0 Å². The van der Waals surface area contributed by atoms with E-state index in [1.807, 2.05) is 31.2 Å². The summed E-state index contributed by atoms with van der Waals surface area (Å²) in [6.45, 7) is 1.88. The number of aromatic nitrogens is 2. The maximum absolute atomic E-state index is 12.3. The van der Waals surface area contributed by atoms with Crippen molar-refractivity contribution in [2.45, 2.75) is 25.9 Å². The Bertz CT molecular complexity index is 610. The highest BCUT2D eigenvalue weighted by Gasteiger charge is 2.23. The fraction of sp³-hybridized carbons (Fsp3) is 0.333. The monoisotopic (exact) mass is 256 g/mol. The van der Waals surface area contributed by atoms with Gasteiger partial charge in [0.05, 0.1) is 11.8 Å². The number of benzene rings is 1. The maximum atomic E-state index is 12.3. The first-order chi connectivity index (χ1) is 9.13. The first kappa shape index (κ1) is 12.0. The number of hydrogen-bond acceptors (Lipinski definition) is 3. The third-order valence-electron chi connectivity index (χ3n) is 3.18. The Labute approximate surface area is 112 Å². The second kappa shape index (κ2) is 4.53. The molecule has 98 valence electrons. The summed E-state index contributed by atoms with van der Waals surface area (Å²) >= 11 is 0. The van der Waals surface area contributed by atoms with E-state index in [0.29, 0.717) is 17.4 Å². The van der Waals surface area contributed by atoms with Gasteiger partial charge in [-0.15, -0.1) is 0 Å². The van der Waals surface area contributed by atoms with Crippen LogP contribution in [-0.2, 0) is 7.05 Å². The number of carbonyl (C=O) groups excluding carboxylic acids is 1. The van der Waals surface area contributed by atoms with Crippen LogP contribution in [0.5, 0.6) is 5.75 Å². The molecule has 1 aliphatic carbocycles. The van der Waals surface area contributed by atoms with E-state index in [1.54, 1.807) is 17.8 Å². The van der Waals surface area contributed by atoms with Crippen molar-refractivity contribution in [3.63, 3.8) is 0 Å². The van der Waals surface area contributed by atoms with Crippen LogP contribution in [0.2, 0.25) is 0 Å². The highest BCUT2D eigenvalue weighted by molar-refractivity contribution is 6.07. The summed E-state index contributed by atoms with van der Waals surface area (Å²) in [6, 6.07) is 9.13. The molecule has 1 fully saturated rings. The molecule has 0 bridgehead atoms. The topological polar surface area (TPSA) is 44.1 Å². The average Bonchev–Trinajstić information content (AvgIpc) is 3.13. The number of nitrogens with zero attached hydrogens (tertiary/aromatic N) is 2. The van der Waals surface area contributed by atoms with Gasteiger partial charge in [0.25, 0.3) is 0 Å². The zero-order valence-corrected chi connectivity index (χ0v) is 11.1. The summed E-state index contributed by atoms with van der Waals surface area (Å²) in [6.07, 6.45) is 2.64. The van der Waals surface area contributed by atoms with Gasteiger partial charge in [0.2, 0.25) is 5.78 Å². The fourth-order valence-corrected chi connectivity index (χ4v) is 2.03. The Balaban J connectivity index is 1.81. The van der Waals surface area contributed by atoms with Crippen molar-refractivity contribution in [1.29, 1.82) is 0 Å². The molecule has 0 atom stereocenters. The largest absolute Gasteiger partial charge is 0.490 e. The van der Waals surface area contributed by atoms with E-state index in [9.17, 15) is 4.79 Å². The minimum absolute atomic E-state index is 0.0129. The Morgan fingerprint density at radius 3 is 2.53 bits per heavy atom. The molecule has 1 aromatic carbocycles. The lowest BCUT2D eigenvalue weighted by Gasteiger charge is -2.05. The molecule has 1 aliphatic rings. The van der Waals surface area contributed by atoms with Gasteiger partial charge < -0.3 is 4.74 Å². The molecule has 2 aromatic rings. The smallest absolute Gasteiger partial charge is 0.211 e. The van der Waals surface area contributed by atoms with Crippen LogP contribution >= 0.6 is 0 Å². The van der Waals surface area contributed by atoms with Gasteiger partial charge in [0, 0.05) is 12.6 Å². The quantitative estimate of drug-likeness (QED) is 0.789. The number of hydrogen-bond donors (Lipinski definition) is 0. The summed E-state index contributed by atoms with van der Waals surface area (Å²) in [5, 5.41) is 4.19. The van der Waals surface area contributed by atoms with Gasteiger partial charge >= 0.3 is 0 Å². The Kier molecular flexibility index (Phi) is 2.85. The minimum atomic E-state index is -0.0129. The highest BCUT2D eigenvalue weighted by Crippen LogP contribution is 2.27. The van der Waals surface area contributed by atoms with Crippen molar-refractivity contribution in [2.24, 2.45) is 7.05 Å². The van der Waals surface area contributed by atoms with E-state index in [2.05, 4.69) is 5.10 Å². The minimum Gasteiger partial charge on any atom is -0.490 e. The van der Waals surface area contributed by atoms with E-state index >= 15 is 0 Å². The fourth-order valence-electron chi connectivity index (χ4n) is 2.03. The number of ether oxygens (including phenoxy) is 1. The van der Waals surface area contributed by atoms with Gasteiger partial charge in [-0.3, -0.25) is 9.48 Å². The zero-order valence-electron chi connectivity index (χ0n) is 11.1. The van der Waals surface area contributed by atoms with E-state index in [4.69, 9.17) is 4.74 Å². The number of carbonyl (C=O) groups is 1. The van der Waals surface area contributed by atoms with Crippen molar-refractivity contribution >= 4 is 5.78 Å². The van der Waals surface area contributed by atoms with Gasteiger partial charge in [0.1, 0.15) is 11.4 Å². The van der Waals surface area contributed by atoms with Crippen molar-refractivity contribution < 1.29 is 9.53 Å². The SMILES string of the molecule is Cc1cc(C(=O)c2ccc(OC3CC3)cc2)n(C)n1. The van der Waals surface area contributed by atoms with Crippen LogP contribution in [0.25, 0.3) is 0 Å². The summed E-state index contributed by atoms with van der Waals surface area (Å²) in [4.78, 5) is 12.3. The second-order valence-electron chi connectivity index (χ2n) is 4.97. The molecule has 4 heteroatoms. The number of rotatable bonds is 4. The predicted octanol–water partition coefficient (Wildman–Crippen LogP) is 2.50. The molecule has 0 N–H and O–H groups in total. The first-order valence-electron chi connectivity index (χ1n) is 6.45. The molecule has 19 heavy (non-hydrogen) atoms. The molecule has 0 amide bonds. The van der Waals surface area contributed by atoms with E-state index in [-0.39, 0.29) is 5.78 Å². The average molecular weight is 256 g/mol. The lowest BCUT2D eigenvalue weighted by molar-refractivity contribution is 0.103. The first-order valence-corrected chi connectivity index (χ1v) is 6.45. The van der Waals surface area contributed by atoms with Crippen LogP contribution in [0.4, 0.5) is 0 Å². The summed E-state index contributed by atoms with van der Waals surface area (Å²) < 4.78 is 7.28. The second-order valence-corrected chi connectivity index (χ2v) is 4.97. The van der Waals surface area contributed by atoms with Crippen LogP contribution in [0.1, 0.15) is 34.6 Å². The molecule has 4 nitrogen and oxygen atoms in total. The lowest BCUT2D eigenvalue weighted by atomic mass is 10.1. The van der Waals surface area contributed by atoms with Gasteiger partial charge in [-0.05, 0) is 50.1 Å². The number of aryl methyl sites for hydroxylation is 2. The molecule has 0 radical (unpaired) electrons. The van der Waals surface area contributed by atoms with Crippen molar-refractivity contribution in [2.75, 3.05) is 0 Å². The zero-order chi connectivity index (χ0) is 13.4. The summed E-state index contributed by atoms with van der Waals surface area (Å²) in [7, 11) is 1.78. The van der Waals surface area contributed by atoms with Crippen molar-refractivity contribution in [1.82, 2.24) is 9.78 Å². The molecule has 1 saturated carbocycles. The van der Waals surface area contributed by atoms with E-state index in [0.717, 1.165) is 24.3 Å². The summed E-state index contributed by atoms with van der Waals surface area (Å²) in [5.74, 6) is 0.821. The maximum Gasteiger partial charge on any atom is 0.211 e. The van der Waals surface area contributed by atoms with Crippen LogP contribution in [-0.4, -0.2) is 21.7 Å². The molecule has 0 aliphatic heterocycles. The Morgan fingerprint density at radius 1 is 1.32 bits per heavy atom. The molecule has 0 unspecified atom stereocenters. The molecule has 1 heterocycles. The molecular formula is C15H16N2O2. The lowest BCUT2D eigenvalue weighted by Crippen LogP contribution is -2.08. The standard InChI is InChI=1S/C15H16N2O2/c1-10-9-14(17(2)16-10)15(18)11-3-5-12(6-4-11)19-13-7-8-13/h3-6,9,13H,7-8H2,1-2H3. The highest BCUT2D eigenvalue weighted by atomic mass is 16.5. The molecule has 1 aromatic heterocycles. The van der Waals surface area contributed by atoms with Gasteiger partial charge in [0.15, 0.2) is 0 Å². The summed E-state index contributed by atoms with van der Waals surface area (Å²) in [5.41, 5.74) is 2.11. The molecule has 0 saturated heterocycles. The third-order valence-corrected chi connectivity index (χ3v) is 3.18. The van der Waals surface area contributed by atoms with Crippen LogP contribution in [0.15, 0.2) is 30.3 Å². The molecular weight excluding hydrogens is 240 g/mol. The Morgan fingerprint density at radius 2 is 2.00 bits per heavy atom. The van der Waals surface area contributed by atoms with Crippen molar-refractivity contribution in [3.05, 3.63) is 47.3 Å². The van der Waals surface area contributed by atoms with Crippen LogP contribution in [0.3, 0.4) is 0 Å². The van der Waals surface area contributed by atoms with Gasteiger partial charge in [-0.2, -0.15) is 5.10 Å². The molecule has 3 rings (SSSR count). The Hall–Kier alpha value is -2.10.